The molecule has 1 atom stereocenters. The molecule has 0 aliphatic heterocycles. The van der Waals surface area contributed by atoms with Gasteiger partial charge in [0.05, 0.1) is 13.2 Å². The van der Waals surface area contributed by atoms with Crippen molar-refractivity contribution in [2.24, 2.45) is 0 Å². The number of hydrogen-bond donors (Lipinski definition) is 2. The van der Waals surface area contributed by atoms with E-state index < -0.39 is 0 Å². The first kappa shape index (κ1) is 18.8. The van der Waals surface area contributed by atoms with Crippen molar-refractivity contribution in [3.8, 4) is 17.1 Å². The summed E-state index contributed by atoms with van der Waals surface area (Å²) in [5.74, 6) is 1.23. The second kappa shape index (κ2) is 8.18. The molecule has 0 fully saturated rings. The number of rotatable bonds is 6. The number of aromatic amines is 1. The van der Waals surface area contributed by atoms with Crippen LogP contribution in [0.25, 0.3) is 11.4 Å². The maximum atomic E-state index is 12.6. The fourth-order valence-electron chi connectivity index (χ4n) is 3.00. The molecule has 0 radical (unpaired) electrons. The lowest BCUT2D eigenvalue weighted by atomic mass is 10.1. The molecule has 140 valence electrons. The lowest BCUT2D eigenvalue weighted by Crippen LogP contribution is -2.30. The summed E-state index contributed by atoms with van der Waals surface area (Å²) in [6, 6.07) is 15.4. The summed E-state index contributed by atoms with van der Waals surface area (Å²) < 4.78 is 7.48. The zero-order valence-corrected chi connectivity index (χ0v) is 16.3. The lowest BCUT2D eigenvalue weighted by Gasteiger charge is -2.17. The van der Waals surface area contributed by atoms with Crippen LogP contribution in [-0.2, 0) is 11.3 Å². The van der Waals surface area contributed by atoms with Gasteiger partial charge in [-0.3, -0.25) is 14.5 Å². The van der Waals surface area contributed by atoms with Gasteiger partial charge >= 0.3 is 0 Å². The Morgan fingerprint density at radius 3 is 2.81 bits per heavy atom. The van der Waals surface area contributed by atoms with Gasteiger partial charge in [-0.1, -0.05) is 42.0 Å². The Bertz CT molecular complexity index is 1010. The molecule has 1 unspecified atom stereocenters. The largest absolute Gasteiger partial charge is 0.496 e. The summed E-state index contributed by atoms with van der Waals surface area (Å²) in [4.78, 5) is 12.6. The van der Waals surface area contributed by atoms with Crippen LogP contribution in [0, 0.1) is 11.7 Å². The van der Waals surface area contributed by atoms with Crippen LogP contribution in [0.1, 0.15) is 24.1 Å². The van der Waals surface area contributed by atoms with Crippen LogP contribution in [0.2, 0.25) is 0 Å². The monoisotopic (exact) mass is 382 g/mol. The van der Waals surface area contributed by atoms with Crippen molar-refractivity contribution in [3.63, 3.8) is 0 Å². The third-order valence-electron chi connectivity index (χ3n) is 4.32. The van der Waals surface area contributed by atoms with Crippen molar-refractivity contribution in [1.29, 1.82) is 0 Å². The molecule has 2 N–H and O–H groups in total. The molecule has 27 heavy (non-hydrogen) atoms. The number of nitrogens with one attached hydrogen (secondary N) is 2. The first-order valence-electron chi connectivity index (χ1n) is 8.64. The summed E-state index contributed by atoms with van der Waals surface area (Å²) >= 11 is 5.32. The summed E-state index contributed by atoms with van der Waals surface area (Å²) in [7, 11) is 1.62. The van der Waals surface area contributed by atoms with E-state index >= 15 is 0 Å². The summed E-state index contributed by atoms with van der Waals surface area (Å²) in [5, 5.41) is 10.1. The quantitative estimate of drug-likeness (QED) is 0.636. The number of aromatic nitrogens is 3. The lowest BCUT2D eigenvalue weighted by molar-refractivity contribution is -0.122. The molecule has 1 aromatic heterocycles. The van der Waals surface area contributed by atoms with E-state index in [-0.39, 0.29) is 18.5 Å². The van der Waals surface area contributed by atoms with Gasteiger partial charge in [-0.05, 0) is 38.2 Å². The van der Waals surface area contributed by atoms with Gasteiger partial charge < -0.3 is 10.1 Å². The molecule has 2 aromatic carbocycles. The van der Waals surface area contributed by atoms with E-state index in [1.807, 2.05) is 62.4 Å². The van der Waals surface area contributed by atoms with Gasteiger partial charge in [0.2, 0.25) is 5.91 Å². The number of benzene rings is 2. The topological polar surface area (TPSA) is 71.9 Å². The highest BCUT2D eigenvalue weighted by atomic mass is 32.1. The Balaban J connectivity index is 1.79. The number of carbonyl (C=O) groups excluding carboxylic acids is 1. The van der Waals surface area contributed by atoms with Crippen molar-refractivity contribution in [2.75, 3.05) is 7.11 Å². The number of aryl methyl sites for hydroxylation is 1. The maximum Gasteiger partial charge on any atom is 0.240 e. The molecule has 0 aliphatic carbocycles. The van der Waals surface area contributed by atoms with Crippen molar-refractivity contribution < 1.29 is 9.53 Å². The van der Waals surface area contributed by atoms with Gasteiger partial charge in [0, 0.05) is 11.1 Å². The highest BCUT2D eigenvalue weighted by Gasteiger charge is 2.16. The van der Waals surface area contributed by atoms with Gasteiger partial charge in [0.15, 0.2) is 10.6 Å². The van der Waals surface area contributed by atoms with Crippen LogP contribution in [0.5, 0.6) is 5.75 Å². The van der Waals surface area contributed by atoms with Crippen molar-refractivity contribution in [2.45, 2.75) is 26.4 Å². The average Bonchev–Trinajstić information content (AvgIpc) is 3.02. The number of ether oxygens (including phenoxy) is 1. The van der Waals surface area contributed by atoms with Gasteiger partial charge in [-0.2, -0.15) is 5.10 Å². The van der Waals surface area contributed by atoms with Crippen LogP contribution < -0.4 is 10.1 Å². The third kappa shape index (κ3) is 4.25. The highest BCUT2D eigenvalue weighted by Crippen LogP contribution is 2.24. The van der Waals surface area contributed by atoms with Crippen LogP contribution in [0.15, 0.2) is 48.5 Å². The van der Waals surface area contributed by atoms with E-state index in [9.17, 15) is 4.79 Å². The van der Waals surface area contributed by atoms with Crippen molar-refractivity contribution in [3.05, 3.63) is 64.4 Å². The Kier molecular flexibility index (Phi) is 5.71. The van der Waals surface area contributed by atoms with E-state index in [2.05, 4.69) is 15.5 Å². The normalized spacial score (nSPS) is 11.8. The van der Waals surface area contributed by atoms with Crippen LogP contribution in [0.4, 0.5) is 0 Å². The summed E-state index contributed by atoms with van der Waals surface area (Å²) in [6.45, 7) is 4.01. The molecule has 7 heteroatoms. The summed E-state index contributed by atoms with van der Waals surface area (Å²) in [6.07, 6.45) is 0. The smallest absolute Gasteiger partial charge is 0.240 e. The van der Waals surface area contributed by atoms with Gasteiger partial charge in [-0.25, -0.2) is 0 Å². The Labute approximate surface area is 163 Å². The zero-order valence-electron chi connectivity index (χ0n) is 15.5. The van der Waals surface area contributed by atoms with Crippen LogP contribution in [-0.4, -0.2) is 27.8 Å². The predicted octanol–water partition coefficient (Wildman–Crippen LogP) is 3.80. The van der Waals surface area contributed by atoms with Gasteiger partial charge in [0.1, 0.15) is 12.3 Å². The first-order valence-corrected chi connectivity index (χ1v) is 9.05. The van der Waals surface area contributed by atoms with E-state index in [1.165, 1.54) is 0 Å². The van der Waals surface area contributed by atoms with E-state index in [1.54, 1.807) is 11.7 Å². The fourth-order valence-corrected chi connectivity index (χ4v) is 3.20. The molecule has 6 nitrogen and oxygen atoms in total. The van der Waals surface area contributed by atoms with E-state index in [0.717, 1.165) is 22.4 Å². The number of nitrogens with zero attached hydrogens (tertiary/aromatic N) is 2. The number of methoxy groups -OCH3 is 1. The van der Waals surface area contributed by atoms with Gasteiger partial charge in [-0.15, -0.1) is 0 Å². The van der Waals surface area contributed by atoms with E-state index in [0.29, 0.717) is 10.6 Å². The average molecular weight is 382 g/mol. The molecular formula is C20H22N4O2S. The molecule has 0 spiro atoms. The fraction of sp³-hybridized carbons (Fsp3) is 0.250. The van der Waals surface area contributed by atoms with Crippen molar-refractivity contribution in [1.82, 2.24) is 20.1 Å². The predicted molar refractivity (Wildman–Crippen MR) is 107 cm³/mol. The second-order valence-electron chi connectivity index (χ2n) is 6.34. The molecule has 3 aromatic rings. The molecular weight excluding hydrogens is 360 g/mol. The first-order chi connectivity index (χ1) is 13.0. The standard InChI is InChI=1S/C20H22N4O2S/c1-13-7-6-8-15(11-13)19-22-23-20(27)24(19)12-18(25)21-14(2)16-9-4-5-10-17(16)26-3/h4-11,14H,12H2,1-3H3,(H,21,25)(H,23,27). The Morgan fingerprint density at radius 1 is 1.30 bits per heavy atom. The minimum absolute atomic E-state index is 0.0814. The van der Waals surface area contributed by atoms with Crippen molar-refractivity contribution >= 4 is 18.1 Å². The number of H-pyrrole nitrogens is 1. The molecule has 3 rings (SSSR count). The SMILES string of the molecule is COc1ccccc1C(C)NC(=O)Cn1c(-c2cccc(C)c2)n[nH]c1=S. The molecule has 1 amide bonds. The van der Waals surface area contributed by atoms with E-state index in [4.69, 9.17) is 17.0 Å². The minimum Gasteiger partial charge on any atom is -0.496 e. The maximum absolute atomic E-state index is 12.6. The third-order valence-corrected chi connectivity index (χ3v) is 4.63. The Morgan fingerprint density at radius 2 is 2.07 bits per heavy atom. The molecule has 0 bridgehead atoms. The van der Waals surface area contributed by atoms with Crippen LogP contribution in [0.3, 0.4) is 0 Å². The number of hydrogen-bond acceptors (Lipinski definition) is 4. The zero-order chi connectivity index (χ0) is 19.4. The minimum atomic E-state index is -0.197. The van der Waals surface area contributed by atoms with Crippen LogP contribution >= 0.6 is 12.2 Å². The second-order valence-corrected chi connectivity index (χ2v) is 6.73. The number of para-hydroxylation sites is 1. The molecule has 1 heterocycles. The van der Waals surface area contributed by atoms with Gasteiger partial charge in [0.25, 0.3) is 0 Å². The number of amides is 1. The molecule has 0 saturated heterocycles. The molecule has 0 aliphatic rings. The molecule has 0 saturated carbocycles. The number of carbonyl (C=O) groups is 1. The summed E-state index contributed by atoms with van der Waals surface area (Å²) in [5.41, 5.74) is 2.94. The Hall–Kier alpha value is -2.93. The highest BCUT2D eigenvalue weighted by molar-refractivity contribution is 7.71.